The number of hydrogen-bond donors (Lipinski definition) is 1. The molecule has 1 aromatic heterocycles. The number of furan rings is 1. The first-order valence-electron chi connectivity index (χ1n) is 5.16. The Morgan fingerprint density at radius 1 is 1.19 bits per heavy atom. The number of amides is 1. The van der Waals surface area contributed by atoms with E-state index in [4.69, 9.17) is 4.42 Å². The minimum atomic E-state index is -0.122. The number of carbonyl (C=O) groups excluding carboxylic acids is 1. The first-order chi connectivity index (χ1) is 7.77. The third-order valence-electron chi connectivity index (χ3n) is 2.35. The molecule has 0 saturated carbocycles. The summed E-state index contributed by atoms with van der Waals surface area (Å²) in [6.07, 6.45) is 1.60. The zero-order chi connectivity index (χ0) is 11.4. The summed E-state index contributed by atoms with van der Waals surface area (Å²) in [6, 6.07) is 12.7. The minimum absolute atomic E-state index is 0.0931. The van der Waals surface area contributed by atoms with Crippen LogP contribution in [-0.2, 0) is 0 Å². The van der Waals surface area contributed by atoms with Crippen molar-refractivity contribution in [1.82, 2.24) is 5.32 Å². The van der Waals surface area contributed by atoms with E-state index in [0.29, 0.717) is 5.56 Å². The van der Waals surface area contributed by atoms with Crippen LogP contribution >= 0.6 is 0 Å². The van der Waals surface area contributed by atoms with E-state index in [1.165, 1.54) is 0 Å². The van der Waals surface area contributed by atoms with Crippen LogP contribution in [0.2, 0.25) is 0 Å². The highest BCUT2D eigenvalue weighted by Gasteiger charge is 2.12. The van der Waals surface area contributed by atoms with Gasteiger partial charge >= 0.3 is 0 Å². The van der Waals surface area contributed by atoms with Crippen LogP contribution in [0.1, 0.15) is 29.1 Å². The van der Waals surface area contributed by atoms with Gasteiger partial charge in [0, 0.05) is 5.56 Å². The van der Waals surface area contributed by atoms with Gasteiger partial charge in [-0.05, 0) is 31.2 Å². The summed E-state index contributed by atoms with van der Waals surface area (Å²) in [5.74, 6) is 0.661. The molecular formula is C13H13NO2. The molecule has 0 saturated heterocycles. The monoisotopic (exact) mass is 215 g/mol. The van der Waals surface area contributed by atoms with E-state index in [0.717, 1.165) is 5.76 Å². The predicted octanol–water partition coefficient (Wildman–Crippen LogP) is 2.77. The van der Waals surface area contributed by atoms with Gasteiger partial charge in [0.1, 0.15) is 5.76 Å². The average Bonchev–Trinajstić information content (AvgIpc) is 2.83. The van der Waals surface area contributed by atoms with E-state index >= 15 is 0 Å². The first kappa shape index (κ1) is 10.5. The predicted molar refractivity (Wildman–Crippen MR) is 61.0 cm³/mol. The maximum absolute atomic E-state index is 11.8. The highest BCUT2D eigenvalue weighted by molar-refractivity contribution is 5.94. The summed E-state index contributed by atoms with van der Waals surface area (Å²) in [5.41, 5.74) is 0.654. The Balaban J connectivity index is 2.03. The summed E-state index contributed by atoms with van der Waals surface area (Å²) in [6.45, 7) is 1.89. The molecule has 0 radical (unpaired) electrons. The SMILES string of the molecule is C[C@H](NC(=O)c1ccccc1)c1ccco1. The third kappa shape index (κ3) is 2.31. The molecule has 2 aromatic rings. The maximum atomic E-state index is 11.8. The fourth-order valence-electron chi connectivity index (χ4n) is 1.48. The molecule has 1 N–H and O–H groups in total. The van der Waals surface area contributed by atoms with E-state index in [2.05, 4.69) is 5.32 Å². The second kappa shape index (κ2) is 4.66. The highest BCUT2D eigenvalue weighted by Crippen LogP contribution is 2.13. The van der Waals surface area contributed by atoms with Gasteiger partial charge in [0.25, 0.3) is 5.91 Å². The van der Waals surface area contributed by atoms with Crippen LogP contribution in [0.5, 0.6) is 0 Å². The summed E-state index contributed by atoms with van der Waals surface area (Å²) in [4.78, 5) is 11.8. The third-order valence-corrected chi connectivity index (χ3v) is 2.35. The Morgan fingerprint density at radius 3 is 2.56 bits per heavy atom. The Bertz CT molecular complexity index is 448. The second-order valence-electron chi connectivity index (χ2n) is 3.58. The smallest absolute Gasteiger partial charge is 0.251 e. The Labute approximate surface area is 94.1 Å². The molecule has 3 nitrogen and oxygen atoms in total. The van der Waals surface area contributed by atoms with Crippen LogP contribution in [0.4, 0.5) is 0 Å². The quantitative estimate of drug-likeness (QED) is 0.855. The lowest BCUT2D eigenvalue weighted by atomic mass is 10.2. The van der Waals surface area contributed by atoms with Crippen molar-refractivity contribution in [2.75, 3.05) is 0 Å². The fraction of sp³-hybridized carbons (Fsp3) is 0.154. The van der Waals surface area contributed by atoms with Crippen LogP contribution in [0.25, 0.3) is 0 Å². The molecule has 2 rings (SSSR count). The lowest BCUT2D eigenvalue weighted by Crippen LogP contribution is -2.26. The summed E-state index contributed by atoms with van der Waals surface area (Å²) >= 11 is 0. The Hall–Kier alpha value is -2.03. The van der Waals surface area contributed by atoms with Crippen molar-refractivity contribution in [2.45, 2.75) is 13.0 Å². The molecule has 1 heterocycles. The highest BCUT2D eigenvalue weighted by atomic mass is 16.3. The zero-order valence-corrected chi connectivity index (χ0v) is 9.01. The number of nitrogens with one attached hydrogen (secondary N) is 1. The van der Waals surface area contributed by atoms with Gasteiger partial charge in [0.05, 0.1) is 12.3 Å². The van der Waals surface area contributed by atoms with E-state index in [-0.39, 0.29) is 11.9 Å². The van der Waals surface area contributed by atoms with Crippen molar-refractivity contribution in [3.63, 3.8) is 0 Å². The van der Waals surface area contributed by atoms with Crippen LogP contribution in [0.15, 0.2) is 53.1 Å². The Kier molecular flexibility index (Phi) is 3.05. The molecule has 0 aliphatic carbocycles. The topological polar surface area (TPSA) is 42.2 Å². The van der Waals surface area contributed by atoms with Gasteiger partial charge in [-0.1, -0.05) is 18.2 Å². The molecule has 0 unspecified atom stereocenters. The molecular weight excluding hydrogens is 202 g/mol. The van der Waals surface area contributed by atoms with Gasteiger partial charge in [-0.3, -0.25) is 4.79 Å². The van der Waals surface area contributed by atoms with Gasteiger partial charge in [-0.15, -0.1) is 0 Å². The maximum Gasteiger partial charge on any atom is 0.251 e. The number of hydrogen-bond acceptors (Lipinski definition) is 2. The number of carbonyl (C=O) groups is 1. The molecule has 1 amide bonds. The largest absolute Gasteiger partial charge is 0.467 e. The van der Waals surface area contributed by atoms with Crippen LogP contribution in [0.3, 0.4) is 0 Å². The van der Waals surface area contributed by atoms with Crippen LogP contribution in [-0.4, -0.2) is 5.91 Å². The van der Waals surface area contributed by atoms with Gasteiger partial charge in [-0.2, -0.15) is 0 Å². The van der Waals surface area contributed by atoms with Crippen molar-refractivity contribution in [2.24, 2.45) is 0 Å². The van der Waals surface area contributed by atoms with Crippen molar-refractivity contribution in [1.29, 1.82) is 0 Å². The number of rotatable bonds is 3. The molecule has 0 fully saturated rings. The van der Waals surface area contributed by atoms with Gasteiger partial charge < -0.3 is 9.73 Å². The molecule has 0 spiro atoms. The molecule has 16 heavy (non-hydrogen) atoms. The standard InChI is InChI=1S/C13H13NO2/c1-10(12-8-5-9-16-12)14-13(15)11-6-3-2-4-7-11/h2-10H,1H3,(H,14,15)/t10-/m0/s1. The van der Waals surface area contributed by atoms with E-state index in [1.54, 1.807) is 24.5 Å². The van der Waals surface area contributed by atoms with Gasteiger partial charge in [-0.25, -0.2) is 0 Å². The van der Waals surface area contributed by atoms with E-state index in [1.807, 2.05) is 31.2 Å². The zero-order valence-electron chi connectivity index (χ0n) is 9.01. The van der Waals surface area contributed by atoms with Crippen molar-refractivity contribution < 1.29 is 9.21 Å². The normalized spacial score (nSPS) is 12.1. The van der Waals surface area contributed by atoms with Crippen molar-refractivity contribution in [3.8, 4) is 0 Å². The molecule has 0 aliphatic rings. The first-order valence-corrected chi connectivity index (χ1v) is 5.16. The van der Waals surface area contributed by atoms with E-state index in [9.17, 15) is 4.79 Å². The molecule has 0 aliphatic heterocycles. The van der Waals surface area contributed by atoms with E-state index < -0.39 is 0 Å². The lowest BCUT2D eigenvalue weighted by Gasteiger charge is -2.11. The molecule has 82 valence electrons. The average molecular weight is 215 g/mol. The minimum Gasteiger partial charge on any atom is -0.467 e. The molecule has 3 heteroatoms. The summed E-state index contributed by atoms with van der Waals surface area (Å²) < 4.78 is 5.22. The summed E-state index contributed by atoms with van der Waals surface area (Å²) in [7, 11) is 0. The van der Waals surface area contributed by atoms with Gasteiger partial charge in [0.2, 0.25) is 0 Å². The van der Waals surface area contributed by atoms with Crippen molar-refractivity contribution in [3.05, 3.63) is 60.1 Å². The molecule has 1 aromatic carbocycles. The number of benzene rings is 1. The fourth-order valence-corrected chi connectivity index (χ4v) is 1.48. The van der Waals surface area contributed by atoms with Crippen LogP contribution < -0.4 is 5.32 Å². The molecule has 0 bridgehead atoms. The van der Waals surface area contributed by atoms with Crippen LogP contribution in [0, 0.1) is 0 Å². The van der Waals surface area contributed by atoms with Crippen molar-refractivity contribution >= 4 is 5.91 Å². The Morgan fingerprint density at radius 2 is 1.94 bits per heavy atom. The lowest BCUT2D eigenvalue weighted by molar-refractivity contribution is 0.0935. The molecule has 1 atom stereocenters. The second-order valence-corrected chi connectivity index (χ2v) is 3.58. The van der Waals surface area contributed by atoms with Gasteiger partial charge in [0.15, 0.2) is 0 Å². The summed E-state index contributed by atoms with van der Waals surface area (Å²) in [5, 5.41) is 2.87.